The smallest absolute Gasteiger partial charge is 0.255 e. The summed E-state index contributed by atoms with van der Waals surface area (Å²) in [6.45, 7) is 13.4. The zero-order valence-electron chi connectivity index (χ0n) is 19.5. The third kappa shape index (κ3) is 4.08. The van der Waals surface area contributed by atoms with Crippen LogP contribution in [0.25, 0.3) is 0 Å². The summed E-state index contributed by atoms with van der Waals surface area (Å²) < 4.78 is 5.91. The Morgan fingerprint density at radius 2 is 1.94 bits per heavy atom. The molecule has 1 aromatic carbocycles. The maximum Gasteiger partial charge on any atom is 0.255 e. The van der Waals surface area contributed by atoms with Crippen molar-refractivity contribution in [2.45, 2.75) is 72.0 Å². The molecule has 0 radical (unpaired) electrons. The van der Waals surface area contributed by atoms with Gasteiger partial charge in [0.15, 0.2) is 0 Å². The van der Waals surface area contributed by atoms with Crippen molar-refractivity contribution >= 4 is 5.91 Å². The van der Waals surface area contributed by atoms with Crippen LogP contribution in [0.15, 0.2) is 30.5 Å². The van der Waals surface area contributed by atoms with E-state index in [0.29, 0.717) is 23.7 Å². The Bertz CT molecular complexity index is 940. The third-order valence-electron chi connectivity index (χ3n) is 7.17. The molecule has 2 bridgehead atoms. The molecule has 2 saturated heterocycles. The lowest BCUT2D eigenvalue weighted by Gasteiger charge is -2.38. The van der Waals surface area contributed by atoms with Gasteiger partial charge in [-0.25, -0.2) is 0 Å². The number of aromatic nitrogens is 1. The van der Waals surface area contributed by atoms with Crippen molar-refractivity contribution in [2.24, 2.45) is 0 Å². The van der Waals surface area contributed by atoms with E-state index in [4.69, 9.17) is 4.74 Å². The molecule has 2 unspecified atom stereocenters. The summed E-state index contributed by atoms with van der Waals surface area (Å²) in [7, 11) is 0. The van der Waals surface area contributed by atoms with Crippen molar-refractivity contribution in [3.63, 3.8) is 0 Å². The number of carbonyl (C=O) groups is 1. The Morgan fingerprint density at radius 3 is 2.55 bits per heavy atom. The fraction of sp³-hybridized carbons (Fsp3) is 0.538. The lowest BCUT2D eigenvalue weighted by Crippen LogP contribution is -2.49. The number of nitrogens with zero attached hydrogens (tertiary/aromatic N) is 3. The minimum atomic E-state index is 0.124. The summed E-state index contributed by atoms with van der Waals surface area (Å²) in [5.41, 5.74) is 5.65. The first kappa shape index (κ1) is 21.8. The number of benzene rings is 1. The standard InChI is InChI=1S/C26H35N3O2/c1-6-12-31-25-11-10-24(17(3)18(25)4)19(5)28-15-23-13-22(28)16-29(23)26(30)20-8-9-21(7-2)27-14-20/h8-11,14,19,22-23H,6-7,12-13,15-16H2,1-5H3/t19-,22?,23?/m0/s1. The molecule has 1 aromatic heterocycles. The van der Waals surface area contributed by atoms with Crippen molar-refractivity contribution in [3.8, 4) is 5.75 Å². The van der Waals surface area contributed by atoms with Crippen LogP contribution < -0.4 is 4.74 Å². The van der Waals surface area contributed by atoms with Crippen LogP contribution in [0.2, 0.25) is 0 Å². The van der Waals surface area contributed by atoms with E-state index in [0.717, 1.165) is 50.4 Å². The van der Waals surface area contributed by atoms with E-state index in [-0.39, 0.29) is 5.91 Å². The van der Waals surface area contributed by atoms with Gasteiger partial charge in [-0.05, 0) is 74.9 Å². The predicted octanol–water partition coefficient (Wildman–Crippen LogP) is 4.71. The molecule has 0 spiro atoms. The van der Waals surface area contributed by atoms with Crippen LogP contribution in [0.3, 0.4) is 0 Å². The number of carbonyl (C=O) groups excluding carboxylic acids is 1. The zero-order chi connectivity index (χ0) is 22.1. The summed E-state index contributed by atoms with van der Waals surface area (Å²) in [5.74, 6) is 1.12. The Hall–Kier alpha value is -2.40. The number of fused-ring (bicyclic) bond motifs is 2. The molecular weight excluding hydrogens is 386 g/mol. The van der Waals surface area contributed by atoms with Crippen LogP contribution in [-0.2, 0) is 6.42 Å². The number of hydrogen-bond donors (Lipinski definition) is 0. The molecule has 5 nitrogen and oxygen atoms in total. The van der Waals surface area contributed by atoms with Gasteiger partial charge in [-0.1, -0.05) is 19.9 Å². The summed E-state index contributed by atoms with van der Waals surface area (Å²) in [4.78, 5) is 22.1. The van der Waals surface area contributed by atoms with Crippen LogP contribution in [0.1, 0.15) is 72.4 Å². The molecule has 0 aliphatic carbocycles. The minimum absolute atomic E-state index is 0.124. The molecule has 166 valence electrons. The lowest BCUT2D eigenvalue weighted by molar-refractivity contribution is 0.0568. The van der Waals surface area contributed by atoms with Crippen molar-refractivity contribution in [2.75, 3.05) is 19.7 Å². The molecule has 31 heavy (non-hydrogen) atoms. The van der Waals surface area contributed by atoms with Crippen molar-refractivity contribution < 1.29 is 9.53 Å². The van der Waals surface area contributed by atoms with E-state index >= 15 is 0 Å². The van der Waals surface area contributed by atoms with Gasteiger partial charge < -0.3 is 9.64 Å². The summed E-state index contributed by atoms with van der Waals surface area (Å²) in [5, 5.41) is 0. The number of aryl methyl sites for hydroxylation is 1. The van der Waals surface area contributed by atoms with E-state index in [1.165, 1.54) is 16.7 Å². The minimum Gasteiger partial charge on any atom is -0.493 e. The highest BCUT2D eigenvalue weighted by Crippen LogP contribution is 2.39. The molecule has 4 rings (SSSR count). The van der Waals surface area contributed by atoms with Gasteiger partial charge in [-0.15, -0.1) is 0 Å². The van der Waals surface area contributed by atoms with Crippen LogP contribution in [0.5, 0.6) is 5.75 Å². The average Bonchev–Trinajstić information content (AvgIpc) is 3.40. The van der Waals surface area contributed by atoms with Gasteiger partial charge in [0.2, 0.25) is 0 Å². The van der Waals surface area contributed by atoms with Gasteiger partial charge in [0.1, 0.15) is 5.75 Å². The monoisotopic (exact) mass is 421 g/mol. The molecule has 2 fully saturated rings. The summed E-state index contributed by atoms with van der Waals surface area (Å²) in [6.07, 6.45) is 4.70. The van der Waals surface area contributed by atoms with Crippen LogP contribution in [0, 0.1) is 13.8 Å². The molecule has 3 atom stereocenters. The molecular formula is C26H35N3O2. The third-order valence-corrected chi connectivity index (χ3v) is 7.17. The Morgan fingerprint density at radius 1 is 1.13 bits per heavy atom. The molecule has 3 heterocycles. The van der Waals surface area contributed by atoms with Gasteiger partial charge in [-0.3, -0.25) is 14.7 Å². The van der Waals surface area contributed by atoms with E-state index in [2.05, 4.69) is 61.5 Å². The van der Waals surface area contributed by atoms with Gasteiger partial charge in [0.05, 0.1) is 12.2 Å². The maximum atomic E-state index is 13.1. The molecule has 2 aliphatic heterocycles. The second kappa shape index (κ2) is 8.99. The Balaban J connectivity index is 1.45. The zero-order valence-corrected chi connectivity index (χ0v) is 19.5. The van der Waals surface area contributed by atoms with Gasteiger partial charge in [0.25, 0.3) is 5.91 Å². The number of likely N-dealkylation sites (tertiary alicyclic amines) is 2. The van der Waals surface area contributed by atoms with Crippen LogP contribution in [0.4, 0.5) is 0 Å². The maximum absolute atomic E-state index is 13.1. The number of pyridine rings is 1. The van der Waals surface area contributed by atoms with Crippen molar-refractivity contribution in [1.82, 2.24) is 14.8 Å². The summed E-state index contributed by atoms with van der Waals surface area (Å²) >= 11 is 0. The SMILES string of the molecule is CCCOc1ccc([C@H](C)N2CC3CC2CN3C(=O)c2ccc(CC)nc2)c(C)c1C. The highest BCUT2D eigenvalue weighted by molar-refractivity contribution is 5.94. The molecule has 1 amide bonds. The molecule has 2 aromatic rings. The number of ether oxygens (including phenoxy) is 1. The number of piperazine rings is 1. The normalized spacial score (nSPS) is 21.5. The van der Waals surface area contributed by atoms with Gasteiger partial charge >= 0.3 is 0 Å². The van der Waals surface area contributed by atoms with Gasteiger partial charge in [0, 0.05) is 43.1 Å². The Kier molecular flexibility index (Phi) is 6.33. The number of hydrogen-bond acceptors (Lipinski definition) is 4. The highest BCUT2D eigenvalue weighted by atomic mass is 16.5. The first-order valence-corrected chi connectivity index (χ1v) is 11.7. The largest absolute Gasteiger partial charge is 0.493 e. The molecule has 5 heteroatoms. The first-order chi connectivity index (χ1) is 14.9. The second-order valence-corrected chi connectivity index (χ2v) is 9.02. The summed E-state index contributed by atoms with van der Waals surface area (Å²) in [6, 6.07) is 9.29. The van der Waals surface area contributed by atoms with Crippen LogP contribution in [-0.4, -0.2) is 52.5 Å². The van der Waals surface area contributed by atoms with Crippen molar-refractivity contribution in [3.05, 3.63) is 58.4 Å². The lowest BCUT2D eigenvalue weighted by atomic mass is 9.96. The topological polar surface area (TPSA) is 45.7 Å². The predicted molar refractivity (Wildman–Crippen MR) is 124 cm³/mol. The van der Waals surface area contributed by atoms with Gasteiger partial charge in [-0.2, -0.15) is 0 Å². The molecule has 2 aliphatic rings. The number of rotatable bonds is 7. The fourth-order valence-corrected chi connectivity index (χ4v) is 5.16. The fourth-order valence-electron chi connectivity index (χ4n) is 5.16. The highest BCUT2D eigenvalue weighted by Gasteiger charge is 2.47. The van der Waals surface area contributed by atoms with Crippen LogP contribution >= 0.6 is 0 Å². The van der Waals surface area contributed by atoms with Crippen molar-refractivity contribution in [1.29, 1.82) is 0 Å². The Labute approximate surface area is 186 Å². The van der Waals surface area contributed by atoms with E-state index in [1.807, 2.05) is 12.1 Å². The van der Waals surface area contributed by atoms with E-state index < -0.39 is 0 Å². The average molecular weight is 422 g/mol. The quantitative estimate of drug-likeness (QED) is 0.650. The molecule has 0 saturated carbocycles. The number of amides is 1. The van der Waals surface area contributed by atoms with E-state index in [9.17, 15) is 4.79 Å². The molecule has 0 N–H and O–H groups in total. The second-order valence-electron chi connectivity index (χ2n) is 9.02. The first-order valence-electron chi connectivity index (χ1n) is 11.7. The van der Waals surface area contributed by atoms with E-state index in [1.54, 1.807) is 6.20 Å².